The van der Waals surface area contributed by atoms with Crippen LogP contribution >= 0.6 is 0 Å². The van der Waals surface area contributed by atoms with Crippen molar-refractivity contribution in [3.8, 4) is 0 Å². The Balaban J connectivity index is 2.34. The van der Waals surface area contributed by atoms with Crippen LogP contribution in [0.5, 0.6) is 0 Å². The minimum atomic E-state index is -0.820. The van der Waals surface area contributed by atoms with Gasteiger partial charge in [0.25, 0.3) is 0 Å². The quantitative estimate of drug-likeness (QED) is 0.775. The SMILES string of the molecule is CCC(CNC(=O)Cc1ccccc1)CC(=O)O. The van der Waals surface area contributed by atoms with Gasteiger partial charge in [-0.25, -0.2) is 0 Å². The van der Waals surface area contributed by atoms with Crippen LogP contribution in [-0.4, -0.2) is 23.5 Å². The summed E-state index contributed by atoms with van der Waals surface area (Å²) in [5.41, 5.74) is 0.960. The summed E-state index contributed by atoms with van der Waals surface area (Å²) in [6.07, 6.45) is 1.18. The van der Waals surface area contributed by atoms with Crippen molar-refractivity contribution < 1.29 is 14.7 Å². The van der Waals surface area contributed by atoms with E-state index >= 15 is 0 Å². The Kier molecular flexibility index (Phi) is 5.91. The molecule has 4 nitrogen and oxygen atoms in total. The lowest BCUT2D eigenvalue weighted by Crippen LogP contribution is -2.31. The Morgan fingerprint density at radius 1 is 1.28 bits per heavy atom. The number of carbonyl (C=O) groups excluding carboxylic acids is 1. The molecular weight excluding hydrogens is 230 g/mol. The van der Waals surface area contributed by atoms with Crippen LogP contribution in [0.15, 0.2) is 30.3 Å². The van der Waals surface area contributed by atoms with Crippen LogP contribution in [0.25, 0.3) is 0 Å². The van der Waals surface area contributed by atoms with Crippen molar-refractivity contribution in [3.05, 3.63) is 35.9 Å². The molecule has 1 atom stereocenters. The first-order chi connectivity index (χ1) is 8.61. The van der Waals surface area contributed by atoms with E-state index in [1.54, 1.807) is 0 Å². The normalized spacial score (nSPS) is 11.8. The fraction of sp³-hybridized carbons (Fsp3) is 0.429. The molecule has 1 aromatic rings. The van der Waals surface area contributed by atoms with Gasteiger partial charge in [-0.1, -0.05) is 43.7 Å². The minimum absolute atomic E-state index is 0.00206. The van der Waals surface area contributed by atoms with Gasteiger partial charge in [0.1, 0.15) is 0 Å². The summed E-state index contributed by atoms with van der Waals surface area (Å²) in [4.78, 5) is 22.3. The number of carboxylic acids is 1. The molecule has 0 aliphatic carbocycles. The molecule has 0 aliphatic rings. The lowest BCUT2D eigenvalue weighted by Gasteiger charge is -2.13. The summed E-state index contributed by atoms with van der Waals surface area (Å²) in [5.74, 6) is -0.883. The highest BCUT2D eigenvalue weighted by molar-refractivity contribution is 5.78. The lowest BCUT2D eigenvalue weighted by molar-refractivity contribution is -0.138. The molecule has 0 aliphatic heterocycles. The number of hydrogen-bond donors (Lipinski definition) is 2. The van der Waals surface area contributed by atoms with Crippen molar-refractivity contribution in [1.29, 1.82) is 0 Å². The van der Waals surface area contributed by atoms with E-state index in [-0.39, 0.29) is 18.2 Å². The van der Waals surface area contributed by atoms with Gasteiger partial charge in [0.05, 0.1) is 6.42 Å². The van der Waals surface area contributed by atoms with Crippen LogP contribution in [0.4, 0.5) is 0 Å². The molecule has 0 fully saturated rings. The van der Waals surface area contributed by atoms with E-state index in [9.17, 15) is 9.59 Å². The van der Waals surface area contributed by atoms with Crippen molar-refractivity contribution in [2.75, 3.05) is 6.54 Å². The maximum Gasteiger partial charge on any atom is 0.303 e. The third kappa shape index (κ3) is 5.48. The Hall–Kier alpha value is -1.84. The summed E-state index contributed by atoms with van der Waals surface area (Å²) in [6.45, 7) is 2.35. The molecule has 0 saturated carbocycles. The van der Waals surface area contributed by atoms with E-state index in [0.29, 0.717) is 13.0 Å². The highest BCUT2D eigenvalue weighted by Crippen LogP contribution is 2.07. The second kappa shape index (κ2) is 7.48. The van der Waals surface area contributed by atoms with Crippen molar-refractivity contribution in [3.63, 3.8) is 0 Å². The fourth-order valence-corrected chi connectivity index (χ4v) is 1.71. The molecule has 0 heterocycles. The minimum Gasteiger partial charge on any atom is -0.481 e. The first kappa shape index (κ1) is 14.2. The highest BCUT2D eigenvalue weighted by atomic mass is 16.4. The van der Waals surface area contributed by atoms with Crippen molar-refractivity contribution in [2.24, 2.45) is 5.92 Å². The smallest absolute Gasteiger partial charge is 0.303 e. The molecule has 98 valence electrons. The zero-order valence-corrected chi connectivity index (χ0v) is 10.6. The Labute approximate surface area is 107 Å². The summed E-state index contributed by atoms with van der Waals surface area (Å²) in [5, 5.41) is 11.5. The molecule has 1 aromatic carbocycles. The Morgan fingerprint density at radius 3 is 2.50 bits per heavy atom. The molecule has 0 bridgehead atoms. The average Bonchev–Trinajstić information content (AvgIpc) is 2.35. The maximum atomic E-state index is 11.7. The van der Waals surface area contributed by atoms with Crippen LogP contribution in [-0.2, 0) is 16.0 Å². The van der Waals surface area contributed by atoms with Gasteiger partial charge >= 0.3 is 5.97 Å². The second-order valence-electron chi connectivity index (χ2n) is 4.34. The highest BCUT2D eigenvalue weighted by Gasteiger charge is 2.12. The molecule has 1 unspecified atom stereocenters. The monoisotopic (exact) mass is 249 g/mol. The molecule has 0 saturated heterocycles. The van der Waals surface area contributed by atoms with Crippen molar-refractivity contribution in [2.45, 2.75) is 26.2 Å². The van der Waals surface area contributed by atoms with Gasteiger partial charge in [-0.3, -0.25) is 9.59 Å². The molecule has 18 heavy (non-hydrogen) atoms. The molecular formula is C14H19NO3. The van der Waals surface area contributed by atoms with E-state index in [0.717, 1.165) is 12.0 Å². The van der Waals surface area contributed by atoms with Gasteiger partial charge in [-0.05, 0) is 11.5 Å². The van der Waals surface area contributed by atoms with Gasteiger partial charge in [0.2, 0.25) is 5.91 Å². The standard InChI is InChI=1S/C14H19NO3/c1-2-11(9-14(17)18)10-15-13(16)8-12-6-4-3-5-7-12/h3-7,11H,2,8-10H2,1H3,(H,15,16)(H,17,18). The average molecular weight is 249 g/mol. The van der Waals surface area contributed by atoms with Crippen LogP contribution in [0.1, 0.15) is 25.3 Å². The predicted octanol–water partition coefficient (Wildman–Crippen LogP) is 1.85. The molecule has 1 rings (SSSR count). The predicted molar refractivity (Wildman–Crippen MR) is 69.2 cm³/mol. The molecule has 2 N–H and O–H groups in total. The molecule has 0 spiro atoms. The van der Waals surface area contributed by atoms with E-state index < -0.39 is 5.97 Å². The van der Waals surface area contributed by atoms with Gasteiger partial charge < -0.3 is 10.4 Å². The zero-order valence-electron chi connectivity index (χ0n) is 10.6. The van der Waals surface area contributed by atoms with E-state index in [1.165, 1.54) is 0 Å². The lowest BCUT2D eigenvalue weighted by atomic mass is 10.0. The topological polar surface area (TPSA) is 66.4 Å². The first-order valence-electron chi connectivity index (χ1n) is 6.14. The van der Waals surface area contributed by atoms with Crippen molar-refractivity contribution in [1.82, 2.24) is 5.32 Å². The second-order valence-corrected chi connectivity index (χ2v) is 4.34. The zero-order chi connectivity index (χ0) is 13.4. The third-order valence-corrected chi connectivity index (χ3v) is 2.84. The number of carboxylic acid groups (broad SMARTS) is 1. The maximum absolute atomic E-state index is 11.7. The van der Waals surface area contributed by atoms with E-state index in [2.05, 4.69) is 5.32 Å². The largest absolute Gasteiger partial charge is 0.481 e. The Bertz CT molecular complexity index is 389. The van der Waals surface area contributed by atoms with Gasteiger partial charge in [-0.15, -0.1) is 0 Å². The number of carbonyl (C=O) groups is 2. The van der Waals surface area contributed by atoms with E-state index in [1.807, 2.05) is 37.3 Å². The summed E-state index contributed by atoms with van der Waals surface area (Å²) in [7, 11) is 0. The third-order valence-electron chi connectivity index (χ3n) is 2.84. The number of rotatable bonds is 7. The molecule has 0 aromatic heterocycles. The number of hydrogen-bond acceptors (Lipinski definition) is 2. The van der Waals surface area contributed by atoms with Crippen LogP contribution in [0.2, 0.25) is 0 Å². The van der Waals surface area contributed by atoms with Gasteiger partial charge in [0, 0.05) is 13.0 Å². The summed E-state index contributed by atoms with van der Waals surface area (Å²) < 4.78 is 0. The molecule has 4 heteroatoms. The Morgan fingerprint density at radius 2 is 1.94 bits per heavy atom. The number of aliphatic carboxylic acids is 1. The number of nitrogens with one attached hydrogen (secondary N) is 1. The van der Waals surface area contributed by atoms with Crippen molar-refractivity contribution >= 4 is 11.9 Å². The number of benzene rings is 1. The van der Waals surface area contributed by atoms with Crippen LogP contribution in [0, 0.1) is 5.92 Å². The molecule has 0 radical (unpaired) electrons. The van der Waals surface area contributed by atoms with Crippen LogP contribution < -0.4 is 5.32 Å². The van der Waals surface area contributed by atoms with Gasteiger partial charge in [0.15, 0.2) is 0 Å². The fourth-order valence-electron chi connectivity index (χ4n) is 1.71. The summed E-state index contributed by atoms with van der Waals surface area (Å²) in [6, 6.07) is 9.48. The van der Waals surface area contributed by atoms with Gasteiger partial charge in [-0.2, -0.15) is 0 Å². The molecule has 1 amide bonds. The first-order valence-corrected chi connectivity index (χ1v) is 6.14. The number of amides is 1. The van der Waals surface area contributed by atoms with E-state index in [4.69, 9.17) is 5.11 Å². The van der Waals surface area contributed by atoms with Crippen LogP contribution in [0.3, 0.4) is 0 Å². The summed E-state index contributed by atoms with van der Waals surface area (Å²) >= 11 is 0.